The molecule has 1 unspecified atom stereocenters. The van der Waals surface area contributed by atoms with Crippen molar-refractivity contribution in [3.63, 3.8) is 0 Å². The number of hydrogen-bond acceptors (Lipinski definition) is 6. The monoisotopic (exact) mass is 477 g/mol. The van der Waals surface area contributed by atoms with E-state index >= 15 is 0 Å². The topological polar surface area (TPSA) is 112 Å². The maximum absolute atomic E-state index is 13.1. The number of rotatable bonds is 9. The van der Waals surface area contributed by atoms with Gasteiger partial charge in [0.2, 0.25) is 0 Å². The lowest BCUT2D eigenvalue weighted by Gasteiger charge is -2.24. The summed E-state index contributed by atoms with van der Waals surface area (Å²) in [4.78, 5) is 39.9. The number of H-pyrrole nitrogens is 1. The van der Waals surface area contributed by atoms with Crippen molar-refractivity contribution >= 4 is 5.91 Å². The Morgan fingerprint density at radius 2 is 1.85 bits per heavy atom. The van der Waals surface area contributed by atoms with E-state index in [2.05, 4.69) is 10.3 Å². The second kappa shape index (κ2) is 11.1. The largest absolute Gasteiger partial charge is 0.376 e. The number of carbonyl (C=O) groups is 1. The van der Waals surface area contributed by atoms with Gasteiger partial charge in [-0.15, -0.1) is 0 Å². The van der Waals surface area contributed by atoms with Gasteiger partial charge >= 0.3 is 5.69 Å². The maximum Gasteiger partial charge on any atom is 0.330 e. The molecule has 2 aromatic rings. The minimum absolute atomic E-state index is 0.00938. The van der Waals surface area contributed by atoms with Crippen LogP contribution in [-0.2, 0) is 20.8 Å². The third-order valence-corrected chi connectivity index (χ3v) is 5.52. The van der Waals surface area contributed by atoms with Crippen molar-refractivity contribution < 1.29 is 23.4 Å². The van der Waals surface area contributed by atoms with Crippen molar-refractivity contribution in [3.05, 3.63) is 68.2 Å². The minimum Gasteiger partial charge on any atom is -0.376 e. The standard InChI is InChI=1S/C24H32FN3O6/c1-13(2)32-12-19-20(33-14(3)4)15(5)23(34-19)28-11-18(22(30)27-24(28)31)21(29)26-10-16-6-8-17(25)9-7-16/h6-9,11,13-15,19-20,23H,10,12H2,1-5H3,(H,26,29)(H,27,30,31)/t15-,19+,20?,23+/m0/s1. The van der Waals surface area contributed by atoms with Crippen molar-refractivity contribution in [3.8, 4) is 0 Å². The highest BCUT2D eigenvalue weighted by Crippen LogP contribution is 2.36. The van der Waals surface area contributed by atoms with Crippen molar-refractivity contribution in [1.29, 1.82) is 0 Å². The molecule has 1 aromatic heterocycles. The lowest BCUT2D eigenvalue weighted by molar-refractivity contribution is -0.0966. The molecule has 0 aliphatic carbocycles. The van der Waals surface area contributed by atoms with Crippen LogP contribution in [0, 0.1) is 11.7 Å². The summed E-state index contributed by atoms with van der Waals surface area (Å²) in [6, 6.07) is 5.62. The molecule has 1 aromatic carbocycles. The van der Waals surface area contributed by atoms with Crippen LogP contribution in [0.15, 0.2) is 40.1 Å². The van der Waals surface area contributed by atoms with Crippen LogP contribution in [0.25, 0.3) is 0 Å². The third kappa shape index (κ3) is 6.19. The van der Waals surface area contributed by atoms with E-state index < -0.39 is 29.5 Å². The molecule has 186 valence electrons. The molecule has 2 heterocycles. The Hall–Kier alpha value is -2.82. The fourth-order valence-corrected chi connectivity index (χ4v) is 3.86. The summed E-state index contributed by atoms with van der Waals surface area (Å²) < 4.78 is 32.2. The normalized spacial score (nSPS) is 22.5. The van der Waals surface area contributed by atoms with Gasteiger partial charge < -0.3 is 19.5 Å². The van der Waals surface area contributed by atoms with Crippen LogP contribution in [0.1, 0.15) is 56.8 Å². The molecule has 0 spiro atoms. The maximum atomic E-state index is 13.1. The second-order valence-electron chi connectivity index (χ2n) is 8.97. The Kier molecular flexibility index (Phi) is 8.40. The summed E-state index contributed by atoms with van der Waals surface area (Å²) in [5.74, 6) is -1.32. The van der Waals surface area contributed by atoms with E-state index in [1.54, 1.807) is 0 Å². The predicted octanol–water partition coefficient (Wildman–Crippen LogP) is 2.36. The zero-order valence-electron chi connectivity index (χ0n) is 20.0. The number of hydrogen-bond donors (Lipinski definition) is 2. The van der Waals surface area contributed by atoms with Crippen LogP contribution in [0.5, 0.6) is 0 Å². The van der Waals surface area contributed by atoms with Gasteiger partial charge in [0.1, 0.15) is 23.7 Å². The van der Waals surface area contributed by atoms with E-state index in [9.17, 15) is 18.8 Å². The first-order valence-electron chi connectivity index (χ1n) is 11.4. The summed E-state index contributed by atoms with van der Waals surface area (Å²) >= 11 is 0. The molecule has 3 rings (SSSR count). The van der Waals surface area contributed by atoms with Gasteiger partial charge in [0, 0.05) is 18.7 Å². The number of aromatic amines is 1. The van der Waals surface area contributed by atoms with Gasteiger partial charge in [-0.25, -0.2) is 9.18 Å². The lowest BCUT2D eigenvalue weighted by atomic mass is 10.0. The average molecular weight is 478 g/mol. The van der Waals surface area contributed by atoms with Crippen molar-refractivity contribution in [2.24, 2.45) is 5.92 Å². The molecule has 2 N–H and O–H groups in total. The summed E-state index contributed by atoms with van der Waals surface area (Å²) in [6.07, 6.45) is -0.419. The van der Waals surface area contributed by atoms with Gasteiger partial charge in [-0.05, 0) is 45.4 Å². The molecule has 9 nitrogen and oxygen atoms in total. The van der Waals surface area contributed by atoms with E-state index in [0.29, 0.717) is 5.56 Å². The van der Waals surface area contributed by atoms with Gasteiger partial charge in [-0.1, -0.05) is 19.1 Å². The number of nitrogens with one attached hydrogen (secondary N) is 2. The van der Waals surface area contributed by atoms with Gasteiger partial charge in [-0.3, -0.25) is 19.1 Å². The molecule has 1 saturated heterocycles. The molecule has 1 aliphatic heterocycles. The smallest absolute Gasteiger partial charge is 0.330 e. The Morgan fingerprint density at radius 3 is 2.47 bits per heavy atom. The van der Waals surface area contributed by atoms with Crippen LogP contribution < -0.4 is 16.6 Å². The third-order valence-electron chi connectivity index (χ3n) is 5.52. The van der Waals surface area contributed by atoms with Crippen LogP contribution in [0.2, 0.25) is 0 Å². The van der Waals surface area contributed by atoms with Crippen LogP contribution >= 0.6 is 0 Å². The molecule has 1 aliphatic rings. The number of carbonyl (C=O) groups excluding carboxylic acids is 1. The highest BCUT2D eigenvalue weighted by molar-refractivity contribution is 5.93. The second-order valence-corrected chi connectivity index (χ2v) is 8.97. The number of aromatic nitrogens is 2. The van der Waals surface area contributed by atoms with Gasteiger partial charge in [-0.2, -0.15) is 0 Å². The average Bonchev–Trinajstić information content (AvgIpc) is 3.06. The first-order valence-corrected chi connectivity index (χ1v) is 11.4. The molecule has 0 bridgehead atoms. The summed E-state index contributed by atoms with van der Waals surface area (Å²) in [6.45, 7) is 9.91. The van der Waals surface area contributed by atoms with Gasteiger partial charge in [0.05, 0.1) is 24.9 Å². The van der Waals surface area contributed by atoms with Crippen molar-refractivity contribution in [1.82, 2.24) is 14.9 Å². The van der Waals surface area contributed by atoms with Crippen molar-refractivity contribution in [2.75, 3.05) is 6.61 Å². The quantitative estimate of drug-likeness (QED) is 0.574. The highest BCUT2D eigenvalue weighted by atomic mass is 19.1. The van der Waals surface area contributed by atoms with E-state index in [4.69, 9.17) is 14.2 Å². The number of halogens is 1. The van der Waals surface area contributed by atoms with E-state index in [0.717, 1.165) is 0 Å². The number of benzene rings is 1. The predicted molar refractivity (Wildman–Crippen MR) is 123 cm³/mol. The number of nitrogens with zero attached hydrogens (tertiary/aromatic N) is 1. The summed E-state index contributed by atoms with van der Waals surface area (Å²) in [5.41, 5.74) is -1.07. The fourth-order valence-electron chi connectivity index (χ4n) is 3.86. The zero-order chi connectivity index (χ0) is 25.0. The molecule has 1 fully saturated rings. The lowest BCUT2D eigenvalue weighted by Crippen LogP contribution is -2.39. The van der Waals surface area contributed by atoms with E-state index in [1.807, 2.05) is 34.6 Å². The minimum atomic E-state index is -0.807. The Bertz CT molecular complexity index is 1100. The fraction of sp³-hybridized carbons (Fsp3) is 0.542. The molecular weight excluding hydrogens is 445 g/mol. The molecule has 1 amide bonds. The number of ether oxygens (including phenoxy) is 3. The van der Waals surface area contributed by atoms with Crippen LogP contribution in [0.4, 0.5) is 4.39 Å². The molecule has 4 atom stereocenters. The summed E-state index contributed by atoms with van der Waals surface area (Å²) in [5, 5.41) is 2.62. The molecule has 10 heteroatoms. The van der Waals surface area contributed by atoms with E-state index in [1.165, 1.54) is 35.0 Å². The molecular formula is C24H32FN3O6. The molecule has 0 radical (unpaired) electrons. The summed E-state index contributed by atoms with van der Waals surface area (Å²) in [7, 11) is 0. The van der Waals surface area contributed by atoms with Crippen LogP contribution in [-0.4, -0.2) is 46.5 Å². The highest BCUT2D eigenvalue weighted by Gasteiger charge is 2.44. The van der Waals surface area contributed by atoms with Crippen molar-refractivity contribution in [2.45, 2.75) is 71.8 Å². The Balaban J connectivity index is 1.83. The van der Waals surface area contributed by atoms with Gasteiger partial charge in [0.25, 0.3) is 11.5 Å². The first kappa shape index (κ1) is 25.8. The number of amides is 1. The van der Waals surface area contributed by atoms with E-state index in [-0.39, 0.29) is 48.8 Å². The molecule has 0 saturated carbocycles. The first-order chi connectivity index (χ1) is 16.1. The van der Waals surface area contributed by atoms with Crippen LogP contribution in [0.3, 0.4) is 0 Å². The van der Waals surface area contributed by atoms with Gasteiger partial charge in [0.15, 0.2) is 0 Å². The Morgan fingerprint density at radius 1 is 1.18 bits per heavy atom. The SMILES string of the molecule is CC(C)OC[C@H]1O[C@@H](n2cc(C(=O)NCc3ccc(F)cc3)c(=O)[nH]c2=O)[C@@H](C)C1OC(C)C. The zero-order valence-corrected chi connectivity index (χ0v) is 20.0. The Labute approximate surface area is 197 Å². The molecule has 34 heavy (non-hydrogen) atoms.